The number of piperidine rings is 1. The van der Waals surface area contributed by atoms with Crippen molar-refractivity contribution in [1.82, 2.24) is 4.90 Å². The monoisotopic (exact) mass is 345 g/mol. The fraction of sp³-hybridized carbons (Fsp3) is 0.650. The number of fused-ring (bicyclic) bond motifs is 1. The van der Waals surface area contributed by atoms with Crippen molar-refractivity contribution in [2.24, 2.45) is 5.41 Å². The summed E-state index contributed by atoms with van der Waals surface area (Å²) in [6.45, 7) is 2.04. The van der Waals surface area contributed by atoms with E-state index in [-0.39, 0.29) is 18.1 Å². The van der Waals surface area contributed by atoms with E-state index in [9.17, 15) is 4.79 Å². The highest BCUT2D eigenvalue weighted by Gasteiger charge is 2.46. The van der Waals surface area contributed by atoms with E-state index >= 15 is 0 Å². The molecular weight excluding hydrogens is 318 g/mol. The number of benzene rings is 1. The van der Waals surface area contributed by atoms with Crippen LogP contribution in [0.3, 0.4) is 0 Å². The molecule has 2 aliphatic heterocycles. The van der Waals surface area contributed by atoms with E-state index in [1.807, 2.05) is 25.3 Å². The van der Waals surface area contributed by atoms with Crippen molar-refractivity contribution in [2.75, 3.05) is 27.0 Å². The Bertz CT molecular complexity index is 647. The first-order chi connectivity index (χ1) is 12.2. The van der Waals surface area contributed by atoms with Gasteiger partial charge in [0, 0.05) is 32.0 Å². The number of hydrogen-bond acceptors (Lipinski definition) is 4. The smallest absolute Gasteiger partial charge is 0.231 e. The SMILES string of the molecule is CO[C@@H]1CCC[C@@]12CCCN(C(=O)CCc1ccc3c(c1)OCO3)C2. The zero-order valence-electron chi connectivity index (χ0n) is 15.0. The van der Waals surface area contributed by atoms with Gasteiger partial charge in [-0.1, -0.05) is 12.5 Å². The lowest BCUT2D eigenvalue weighted by molar-refractivity contribution is -0.137. The molecule has 1 spiro atoms. The summed E-state index contributed by atoms with van der Waals surface area (Å²) in [7, 11) is 1.82. The molecule has 5 nitrogen and oxygen atoms in total. The molecule has 0 radical (unpaired) electrons. The summed E-state index contributed by atoms with van der Waals surface area (Å²) in [6.07, 6.45) is 7.44. The van der Waals surface area contributed by atoms with Crippen molar-refractivity contribution >= 4 is 5.91 Å². The van der Waals surface area contributed by atoms with Gasteiger partial charge in [0.25, 0.3) is 0 Å². The van der Waals surface area contributed by atoms with E-state index in [0.717, 1.165) is 49.4 Å². The number of methoxy groups -OCH3 is 1. The summed E-state index contributed by atoms with van der Waals surface area (Å²) in [6, 6.07) is 5.95. The van der Waals surface area contributed by atoms with Gasteiger partial charge < -0.3 is 19.1 Å². The normalized spacial score (nSPS) is 27.9. The minimum Gasteiger partial charge on any atom is -0.454 e. The van der Waals surface area contributed by atoms with E-state index in [1.54, 1.807) is 0 Å². The lowest BCUT2D eigenvalue weighted by Crippen LogP contribution is -2.49. The lowest BCUT2D eigenvalue weighted by Gasteiger charge is -2.43. The summed E-state index contributed by atoms with van der Waals surface area (Å²) >= 11 is 0. The van der Waals surface area contributed by atoms with Crippen molar-refractivity contribution in [3.63, 3.8) is 0 Å². The van der Waals surface area contributed by atoms with Gasteiger partial charge in [0.15, 0.2) is 11.5 Å². The van der Waals surface area contributed by atoms with Gasteiger partial charge in [-0.3, -0.25) is 4.79 Å². The molecule has 0 bridgehead atoms. The highest BCUT2D eigenvalue weighted by Crippen LogP contribution is 2.46. The van der Waals surface area contributed by atoms with Crippen LogP contribution < -0.4 is 9.47 Å². The second-order valence-electron chi connectivity index (χ2n) is 7.59. The molecule has 0 unspecified atom stereocenters. The predicted octanol–water partition coefficient (Wildman–Crippen LogP) is 3.16. The number of rotatable bonds is 4. The van der Waals surface area contributed by atoms with Crippen LogP contribution in [0, 0.1) is 5.41 Å². The van der Waals surface area contributed by atoms with Crippen LogP contribution in [0.1, 0.15) is 44.1 Å². The van der Waals surface area contributed by atoms with Gasteiger partial charge in [0.1, 0.15) is 0 Å². The van der Waals surface area contributed by atoms with Crippen LogP contribution in [-0.2, 0) is 16.0 Å². The fourth-order valence-corrected chi connectivity index (χ4v) is 4.82. The first-order valence-electron chi connectivity index (χ1n) is 9.39. The van der Waals surface area contributed by atoms with Gasteiger partial charge in [0.05, 0.1) is 6.10 Å². The highest BCUT2D eigenvalue weighted by molar-refractivity contribution is 5.76. The molecule has 136 valence electrons. The fourth-order valence-electron chi connectivity index (χ4n) is 4.82. The summed E-state index contributed by atoms with van der Waals surface area (Å²) in [5.41, 5.74) is 1.32. The van der Waals surface area contributed by atoms with Crippen LogP contribution in [0.5, 0.6) is 11.5 Å². The molecule has 1 saturated carbocycles. The molecule has 1 aliphatic carbocycles. The zero-order valence-corrected chi connectivity index (χ0v) is 15.0. The van der Waals surface area contributed by atoms with Crippen LogP contribution in [-0.4, -0.2) is 43.9 Å². The van der Waals surface area contributed by atoms with Crippen molar-refractivity contribution < 1.29 is 19.0 Å². The molecule has 2 atom stereocenters. The predicted molar refractivity (Wildman–Crippen MR) is 93.8 cm³/mol. The summed E-state index contributed by atoms with van der Waals surface area (Å²) in [4.78, 5) is 14.8. The summed E-state index contributed by atoms with van der Waals surface area (Å²) < 4.78 is 16.5. The van der Waals surface area contributed by atoms with E-state index in [1.165, 1.54) is 19.3 Å². The maximum absolute atomic E-state index is 12.8. The van der Waals surface area contributed by atoms with Gasteiger partial charge in [-0.05, 0) is 49.8 Å². The van der Waals surface area contributed by atoms with Gasteiger partial charge in [-0.2, -0.15) is 0 Å². The Morgan fingerprint density at radius 2 is 2.12 bits per heavy atom. The first-order valence-corrected chi connectivity index (χ1v) is 9.39. The molecule has 5 heteroatoms. The minimum absolute atomic E-state index is 0.196. The number of amides is 1. The van der Waals surface area contributed by atoms with E-state index in [2.05, 4.69) is 4.90 Å². The quantitative estimate of drug-likeness (QED) is 0.841. The molecule has 1 aromatic carbocycles. The Kier molecular flexibility index (Phi) is 4.59. The van der Waals surface area contributed by atoms with Gasteiger partial charge in [-0.25, -0.2) is 0 Å². The lowest BCUT2D eigenvalue weighted by atomic mass is 9.76. The highest BCUT2D eigenvalue weighted by atomic mass is 16.7. The standard InChI is InChI=1S/C20H27NO4/c1-23-18-4-2-9-20(18)10-3-11-21(13-20)19(22)8-6-15-5-7-16-17(12-15)25-14-24-16/h5,7,12,18H,2-4,6,8-11,13-14H2,1H3/t18-,20+/m1/s1. The molecule has 1 aromatic rings. The third-order valence-corrected chi connectivity index (χ3v) is 6.13. The van der Waals surface area contributed by atoms with E-state index in [0.29, 0.717) is 12.5 Å². The van der Waals surface area contributed by atoms with E-state index < -0.39 is 0 Å². The Balaban J connectivity index is 1.36. The van der Waals surface area contributed by atoms with Crippen molar-refractivity contribution in [2.45, 2.75) is 51.0 Å². The molecule has 0 N–H and O–H groups in total. The van der Waals surface area contributed by atoms with Crippen LogP contribution in [0.2, 0.25) is 0 Å². The molecule has 2 heterocycles. The van der Waals surface area contributed by atoms with Gasteiger partial charge in [-0.15, -0.1) is 0 Å². The second kappa shape index (κ2) is 6.87. The number of nitrogens with zero attached hydrogens (tertiary/aromatic N) is 1. The van der Waals surface area contributed by atoms with Crippen LogP contribution in [0.15, 0.2) is 18.2 Å². The largest absolute Gasteiger partial charge is 0.454 e. The molecule has 25 heavy (non-hydrogen) atoms. The minimum atomic E-state index is 0.196. The number of aryl methyl sites for hydroxylation is 1. The summed E-state index contributed by atoms with van der Waals surface area (Å²) in [5.74, 6) is 1.84. The Morgan fingerprint density at radius 1 is 1.28 bits per heavy atom. The Hall–Kier alpha value is -1.75. The average molecular weight is 345 g/mol. The first kappa shape index (κ1) is 16.7. The second-order valence-corrected chi connectivity index (χ2v) is 7.59. The molecule has 1 saturated heterocycles. The summed E-state index contributed by atoms with van der Waals surface area (Å²) in [5, 5.41) is 0. The average Bonchev–Trinajstić information content (AvgIpc) is 3.25. The third-order valence-electron chi connectivity index (χ3n) is 6.13. The molecule has 0 aromatic heterocycles. The molecule has 1 amide bonds. The number of likely N-dealkylation sites (tertiary alicyclic amines) is 1. The van der Waals surface area contributed by atoms with Crippen LogP contribution >= 0.6 is 0 Å². The number of hydrogen-bond donors (Lipinski definition) is 0. The zero-order chi connectivity index (χ0) is 17.3. The molecule has 2 fully saturated rings. The molecular formula is C20H27NO4. The number of carbonyl (C=O) groups is 1. The van der Waals surface area contributed by atoms with E-state index in [4.69, 9.17) is 14.2 Å². The van der Waals surface area contributed by atoms with Gasteiger partial charge >= 0.3 is 0 Å². The van der Waals surface area contributed by atoms with Crippen molar-refractivity contribution in [3.05, 3.63) is 23.8 Å². The molecule has 3 aliphatic rings. The maximum Gasteiger partial charge on any atom is 0.231 e. The van der Waals surface area contributed by atoms with Crippen molar-refractivity contribution in [1.29, 1.82) is 0 Å². The topological polar surface area (TPSA) is 48.0 Å². The van der Waals surface area contributed by atoms with Gasteiger partial charge in [0.2, 0.25) is 12.7 Å². The Labute approximate surface area is 149 Å². The number of ether oxygens (including phenoxy) is 3. The van der Waals surface area contributed by atoms with Crippen molar-refractivity contribution in [3.8, 4) is 11.5 Å². The molecule has 4 rings (SSSR count). The maximum atomic E-state index is 12.8. The van der Waals surface area contributed by atoms with Crippen LogP contribution in [0.4, 0.5) is 0 Å². The third kappa shape index (κ3) is 3.22. The Morgan fingerprint density at radius 3 is 3.00 bits per heavy atom. The van der Waals surface area contributed by atoms with Crippen LogP contribution in [0.25, 0.3) is 0 Å². The number of carbonyl (C=O) groups excluding carboxylic acids is 1.